The highest BCUT2D eigenvalue weighted by Crippen LogP contribution is 2.29. The summed E-state index contributed by atoms with van der Waals surface area (Å²) in [7, 11) is 0. The first-order chi connectivity index (χ1) is 8.49. The summed E-state index contributed by atoms with van der Waals surface area (Å²) in [5, 5.41) is 22.2. The summed E-state index contributed by atoms with van der Waals surface area (Å²) in [4.78, 5) is 10.4. The Labute approximate surface area is 104 Å². The van der Waals surface area contributed by atoms with Gasteiger partial charge in [-0.1, -0.05) is 18.1 Å². The normalized spacial score (nSPS) is 13.1. The Kier molecular flexibility index (Phi) is 4.47. The van der Waals surface area contributed by atoms with Gasteiger partial charge in [-0.25, -0.2) is 0 Å². The van der Waals surface area contributed by atoms with Gasteiger partial charge < -0.3 is 15.7 Å². The van der Waals surface area contributed by atoms with Crippen LogP contribution in [0.15, 0.2) is 23.4 Å². The fraction of sp³-hybridized carbons (Fsp3) is 0.364. The van der Waals surface area contributed by atoms with Gasteiger partial charge in [-0.05, 0) is 25.0 Å². The standard InChI is InChI=1S/C11H15N3O4/c1-3-8-4-5-10(9(6-8)14(16)17)18-7(2)11(12)13-15/h4-7,15H,3H2,1-2H3,(H2,12,13). The molecule has 0 saturated carbocycles. The van der Waals surface area contributed by atoms with Gasteiger partial charge in [0.1, 0.15) is 0 Å². The number of benzene rings is 1. The van der Waals surface area contributed by atoms with E-state index in [0.29, 0.717) is 6.42 Å². The topological polar surface area (TPSA) is 111 Å². The minimum Gasteiger partial charge on any atom is -0.476 e. The number of aryl methyl sites for hydroxylation is 1. The number of rotatable bonds is 5. The number of nitrogens with two attached hydrogens (primary N) is 1. The molecule has 1 aromatic rings. The average Bonchev–Trinajstić information content (AvgIpc) is 2.37. The summed E-state index contributed by atoms with van der Waals surface area (Å²) in [6, 6.07) is 4.70. The van der Waals surface area contributed by atoms with Crippen molar-refractivity contribution in [2.75, 3.05) is 0 Å². The number of nitrogens with zero attached hydrogens (tertiary/aromatic N) is 2. The van der Waals surface area contributed by atoms with E-state index in [2.05, 4.69) is 5.16 Å². The van der Waals surface area contributed by atoms with E-state index in [-0.39, 0.29) is 17.3 Å². The van der Waals surface area contributed by atoms with E-state index < -0.39 is 11.0 Å². The average molecular weight is 253 g/mol. The predicted octanol–water partition coefficient (Wildman–Crippen LogP) is 1.67. The number of hydrogen-bond donors (Lipinski definition) is 2. The van der Waals surface area contributed by atoms with Gasteiger partial charge in [0.05, 0.1) is 4.92 Å². The highest BCUT2D eigenvalue weighted by atomic mass is 16.6. The lowest BCUT2D eigenvalue weighted by molar-refractivity contribution is -0.386. The summed E-state index contributed by atoms with van der Waals surface area (Å²) < 4.78 is 5.30. The van der Waals surface area contributed by atoms with Crippen LogP contribution in [0.1, 0.15) is 19.4 Å². The van der Waals surface area contributed by atoms with Crippen LogP contribution in [-0.2, 0) is 6.42 Å². The van der Waals surface area contributed by atoms with Crippen LogP contribution in [0.5, 0.6) is 5.75 Å². The van der Waals surface area contributed by atoms with Crippen molar-refractivity contribution in [2.45, 2.75) is 26.4 Å². The van der Waals surface area contributed by atoms with Crippen molar-refractivity contribution in [2.24, 2.45) is 10.9 Å². The number of ether oxygens (including phenoxy) is 1. The molecule has 0 amide bonds. The summed E-state index contributed by atoms with van der Waals surface area (Å²) in [6.45, 7) is 3.44. The largest absolute Gasteiger partial charge is 0.476 e. The number of amidine groups is 1. The van der Waals surface area contributed by atoms with Gasteiger partial charge >= 0.3 is 5.69 Å². The monoisotopic (exact) mass is 253 g/mol. The van der Waals surface area contributed by atoms with Crippen LogP contribution < -0.4 is 10.5 Å². The Bertz CT molecular complexity index is 473. The molecule has 0 heterocycles. The second-order valence-electron chi connectivity index (χ2n) is 3.70. The van der Waals surface area contributed by atoms with Gasteiger partial charge in [0.2, 0.25) is 0 Å². The molecule has 0 radical (unpaired) electrons. The maximum atomic E-state index is 10.9. The molecule has 0 saturated heterocycles. The van der Waals surface area contributed by atoms with E-state index in [1.165, 1.54) is 19.1 Å². The fourth-order valence-corrected chi connectivity index (χ4v) is 1.36. The zero-order valence-corrected chi connectivity index (χ0v) is 10.2. The van der Waals surface area contributed by atoms with Crippen LogP contribution in [0.2, 0.25) is 0 Å². The van der Waals surface area contributed by atoms with Crippen molar-refractivity contribution >= 4 is 11.5 Å². The zero-order valence-electron chi connectivity index (χ0n) is 10.2. The van der Waals surface area contributed by atoms with E-state index >= 15 is 0 Å². The molecule has 0 aliphatic rings. The molecular formula is C11H15N3O4. The molecule has 0 fully saturated rings. The molecule has 0 aliphatic heterocycles. The van der Waals surface area contributed by atoms with Crippen LogP contribution in [-0.4, -0.2) is 22.1 Å². The second kappa shape index (κ2) is 5.85. The first kappa shape index (κ1) is 13.8. The quantitative estimate of drug-likeness (QED) is 0.272. The lowest BCUT2D eigenvalue weighted by Gasteiger charge is -2.13. The lowest BCUT2D eigenvalue weighted by Crippen LogP contribution is -2.31. The molecule has 1 aromatic carbocycles. The Morgan fingerprint density at radius 2 is 2.33 bits per heavy atom. The maximum absolute atomic E-state index is 10.9. The maximum Gasteiger partial charge on any atom is 0.311 e. The van der Waals surface area contributed by atoms with Gasteiger partial charge in [0.25, 0.3) is 0 Å². The Morgan fingerprint density at radius 1 is 1.67 bits per heavy atom. The molecule has 1 rings (SSSR count). The third-order valence-corrected chi connectivity index (χ3v) is 2.46. The Morgan fingerprint density at radius 3 is 2.83 bits per heavy atom. The molecule has 7 nitrogen and oxygen atoms in total. The number of nitro benzene ring substituents is 1. The minimum absolute atomic E-state index is 0.0938. The molecule has 0 bridgehead atoms. The zero-order chi connectivity index (χ0) is 13.7. The van der Waals surface area contributed by atoms with E-state index in [4.69, 9.17) is 15.7 Å². The van der Waals surface area contributed by atoms with Crippen molar-refractivity contribution < 1.29 is 14.9 Å². The van der Waals surface area contributed by atoms with Gasteiger partial charge in [0.15, 0.2) is 17.7 Å². The first-order valence-corrected chi connectivity index (χ1v) is 5.41. The molecule has 1 atom stereocenters. The molecule has 7 heteroatoms. The predicted molar refractivity (Wildman–Crippen MR) is 66.0 cm³/mol. The lowest BCUT2D eigenvalue weighted by atomic mass is 10.1. The van der Waals surface area contributed by atoms with Crippen molar-refractivity contribution in [1.82, 2.24) is 0 Å². The molecule has 0 spiro atoms. The smallest absolute Gasteiger partial charge is 0.311 e. The fourth-order valence-electron chi connectivity index (χ4n) is 1.36. The van der Waals surface area contributed by atoms with Crippen molar-refractivity contribution in [3.63, 3.8) is 0 Å². The Hall–Kier alpha value is -2.31. The third-order valence-electron chi connectivity index (χ3n) is 2.46. The van der Waals surface area contributed by atoms with E-state index in [1.54, 1.807) is 6.07 Å². The molecule has 98 valence electrons. The summed E-state index contributed by atoms with van der Waals surface area (Å²) in [6.07, 6.45) is -0.0575. The van der Waals surface area contributed by atoms with Crippen LogP contribution >= 0.6 is 0 Å². The van der Waals surface area contributed by atoms with Crippen LogP contribution in [0.25, 0.3) is 0 Å². The number of oxime groups is 1. The Balaban J connectivity index is 3.05. The van der Waals surface area contributed by atoms with Gasteiger partial charge in [-0.2, -0.15) is 0 Å². The third kappa shape index (κ3) is 3.09. The van der Waals surface area contributed by atoms with E-state index in [0.717, 1.165) is 5.56 Å². The first-order valence-electron chi connectivity index (χ1n) is 5.41. The van der Waals surface area contributed by atoms with Crippen molar-refractivity contribution in [1.29, 1.82) is 0 Å². The molecule has 1 unspecified atom stereocenters. The molecule has 0 aliphatic carbocycles. The summed E-state index contributed by atoms with van der Waals surface area (Å²) in [5.74, 6) is -0.0554. The molecular weight excluding hydrogens is 238 g/mol. The molecule has 0 aromatic heterocycles. The highest BCUT2D eigenvalue weighted by molar-refractivity contribution is 5.84. The van der Waals surface area contributed by atoms with Crippen LogP contribution in [0, 0.1) is 10.1 Å². The summed E-state index contributed by atoms with van der Waals surface area (Å²) in [5.41, 5.74) is 6.06. The van der Waals surface area contributed by atoms with Gasteiger partial charge in [-0.3, -0.25) is 10.1 Å². The van der Waals surface area contributed by atoms with E-state index in [1.807, 2.05) is 6.92 Å². The number of nitro groups is 1. The highest BCUT2D eigenvalue weighted by Gasteiger charge is 2.19. The van der Waals surface area contributed by atoms with Crippen LogP contribution in [0.3, 0.4) is 0 Å². The van der Waals surface area contributed by atoms with Crippen molar-refractivity contribution in [3.05, 3.63) is 33.9 Å². The molecule has 3 N–H and O–H groups in total. The number of hydrogen-bond acceptors (Lipinski definition) is 5. The van der Waals surface area contributed by atoms with Crippen LogP contribution in [0.4, 0.5) is 5.69 Å². The SMILES string of the molecule is CCc1ccc(OC(C)C(N)=NO)c([N+](=O)[O-])c1. The van der Waals surface area contributed by atoms with Crippen molar-refractivity contribution in [3.8, 4) is 5.75 Å². The summed E-state index contributed by atoms with van der Waals surface area (Å²) >= 11 is 0. The molecule has 18 heavy (non-hydrogen) atoms. The van der Waals surface area contributed by atoms with Gasteiger partial charge in [-0.15, -0.1) is 0 Å². The minimum atomic E-state index is -0.749. The van der Waals surface area contributed by atoms with Gasteiger partial charge in [0, 0.05) is 6.07 Å². The van der Waals surface area contributed by atoms with E-state index in [9.17, 15) is 10.1 Å². The second-order valence-corrected chi connectivity index (χ2v) is 3.70.